The summed E-state index contributed by atoms with van der Waals surface area (Å²) >= 11 is 0. The summed E-state index contributed by atoms with van der Waals surface area (Å²) < 4.78 is 5.16. The molecule has 0 spiro atoms. The number of methoxy groups -OCH3 is 1. The van der Waals surface area contributed by atoms with E-state index in [0.29, 0.717) is 17.9 Å². The van der Waals surface area contributed by atoms with Crippen molar-refractivity contribution >= 4 is 11.7 Å². The number of ether oxygens (including phenoxy) is 1. The van der Waals surface area contributed by atoms with E-state index >= 15 is 0 Å². The molecule has 2 N–H and O–H groups in total. The number of aromatic nitrogens is 1. The summed E-state index contributed by atoms with van der Waals surface area (Å²) in [4.78, 5) is 16.5. The van der Waals surface area contributed by atoms with Gasteiger partial charge in [0.25, 0.3) is 5.91 Å². The van der Waals surface area contributed by atoms with E-state index in [4.69, 9.17) is 4.74 Å². The number of carbonyl (C=O) groups excluding carboxylic acids is 1. The summed E-state index contributed by atoms with van der Waals surface area (Å²) in [5, 5.41) is 5.84. The Morgan fingerprint density at radius 3 is 2.81 bits per heavy atom. The minimum Gasteiger partial charge on any atom is -0.497 e. The number of benzene rings is 1. The number of carbonyl (C=O) groups is 1. The van der Waals surface area contributed by atoms with Crippen molar-refractivity contribution in [3.8, 4) is 5.75 Å². The van der Waals surface area contributed by atoms with Crippen LogP contribution in [0, 0.1) is 6.92 Å². The number of rotatable bonds is 5. The van der Waals surface area contributed by atoms with Gasteiger partial charge in [-0.05, 0) is 36.8 Å². The summed E-state index contributed by atoms with van der Waals surface area (Å²) in [5.41, 5.74) is 2.38. The molecule has 0 saturated carbocycles. The highest BCUT2D eigenvalue weighted by Crippen LogP contribution is 2.13. The normalized spacial score (nSPS) is 10.0. The first-order valence-corrected chi connectivity index (χ1v) is 6.70. The summed E-state index contributed by atoms with van der Waals surface area (Å²) in [6.45, 7) is 2.31. The molecule has 0 aliphatic heterocycles. The Bertz CT molecular complexity index is 641. The van der Waals surface area contributed by atoms with Crippen molar-refractivity contribution in [2.45, 2.75) is 13.5 Å². The van der Waals surface area contributed by atoms with Gasteiger partial charge in [0.05, 0.1) is 7.11 Å². The van der Waals surface area contributed by atoms with Crippen molar-refractivity contribution in [3.05, 3.63) is 53.2 Å². The van der Waals surface area contributed by atoms with Crippen molar-refractivity contribution < 1.29 is 9.53 Å². The molecular weight excluding hydrogens is 266 g/mol. The van der Waals surface area contributed by atoms with Crippen LogP contribution < -0.4 is 15.4 Å². The molecule has 110 valence electrons. The number of nitrogens with one attached hydrogen (secondary N) is 2. The molecule has 0 bridgehead atoms. The fraction of sp³-hybridized carbons (Fsp3) is 0.250. The molecule has 5 heteroatoms. The molecule has 1 aromatic carbocycles. The van der Waals surface area contributed by atoms with Crippen LogP contribution in [0.2, 0.25) is 0 Å². The van der Waals surface area contributed by atoms with E-state index in [0.717, 1.165) is 17.0 Å². The van der Waals surface area contributed by atoms with Gasteiger partial charge < -0.3 is 15.4 Å². The van der Waals surface area contributed by atoms with Gasteiger partial charge >= 0.3 is 0 Å². The standard InChI is InChI=1S/C16H19N3O2/c1-11-7-13(9-15(17-2)19-11)16(20)18-10-12-5-4-6-14(8-12)21-3/h4-9H,10H2,1-3H3,(H,17,19)(H,18,20). The summed E-state index contributed by atoms with van der Waals surface area (Å²) in [6.07, 6.45) is 0. The van der Waals surface area contributed by atoms with Gasteiger partial charge in [0.15, 0.2) is 0 Å². The SMILES string of the molecule is CNc1cc(C(=O)NCc2cccc(OC)c2)cc(C)n1. The number of aryl methyl sites for hydroxylation is 1. The van der Waals surface area contributed by atoms with Crippen LogP contribution in [0.5, 0.6) is 5.75 Å². The maximum Gasteiger partial charge on any atom is 0.251 e. The van der Waals surface area contributed by atoms with Crippen LogP contribution in [0.25, 0.3) is 0 Å². The highest BCUT2D eigenvalue weighted by molar-refractivity contribution is 5.94. The smallest absolute Gasteiger partial charge is 0.251 e. The van der Waals surface area contributed by atoms with Crippen LogP contribution in [0.1, 0.15) is 21.6 Å². The molecule has 1 aromatic heterocycles. The Hall–Kier alpha value is -2.56. The van der Waals surface area contributed by atoms with Gasteiger partial charge in [0, 0.05) is 24.8 Å². The van der Waals surface area contributed by atoms with Gasteiger partial charge in [0.2, 0.25) is 0 Å². The lowest BCUT2D eigenvalue weighted by Gasteiger charge is -2.09. The molecule has 0 fully saturated rings. The fourth-order valence-electron chi connectivity index (χ4n) is 1.99. The highest BCUT2D eigenvalue weighted by atomic mass is 16.5. The second-order valence-electron chi connectivity index (χ2n) is 4.67. The zero-order chi connectivity index (χ0) is 15.2. The number of anilines is 1. The number of hydrogen-bond donors (Lipinski definition) is 2. The van der Waals surface area contributed by atoms with Crippen LogP contribution in [-0.2, 0) is 6.54 Å². The zero-order valence-corrected chi connectivity index (χ0v) is 12.4. The molecule has 0 radical (unpaired) electrons. The Kier molecular flexibility index (Phi) is 4.77. The van der Waals surface area contributed by atoms with Gasteiger partial charge in [-0.3, -0.25) is 4.79 Å². The van der Waals surface area contributed by atoms with Crippen molar-refractivity contribution in [3.63, 3.8) is 0 Å². The molecule has 0 atom stereocenters. The van der Waals surface area contributed by atoms with E-state index in [9.17, 15) is 4.79 Å². The van der Waals surface area contributed by atoms with Gasteiger partial charge in [-0.25, -0.2) is 4.98 Å². The molecule has 0 unspecified atom stereocenters. The van der Waals surface area contributed by atoms with Crippen molar-refractivity contribution in [2.75, 3.05) is 19.5 Å². The first-order valence-electron chi connectivity index (χ1n) is 6.70. The zero-order valence-electron chi connectivity index (χ0n) is 12.4. The van der Waals surface area contributed by atoms with E-state index in [1.54, 1.807) is 26.3 Å². The van der Waals surface area contributed by atoms with Crippen molar-refractivity contribution in [1.29, 1.82) is 0 Å². The van der Waals surface area contributed by atoms with Crippen LogP contribution in [-0.4, -0.2) is 25.0 Å². The minimum atomic E-state index is -0.125. The highest BCUT2D eigenvalue weighted by Gasteiger charge is 2.08. The first-order chi connectivity index (χ1) is 10.1. The number of amides is 1. The Morgan fingerprint density at radius 1 is 1.29 bits per heavy atom. The molecular formula is C16H19N3O2. The monoisotopic (exact) mass is 285 g/mol. The lowest BCUT2D eigenvalue weighted by atomic mass is 10.2. The molecule has 0 aliphatic rings. The topological polar surface area (TPSA) is 63.2 Å². The van der Waals surface area contributed by atoms with E-state index in [1.807, 2.05) is 31.2 Å². The maximum atomic E-state index is 12.2. The van der Waals surface area contributed by atoms with Crippen LogP contribution in [0.3, 0.4) is 0 Å². The predicted octanol–water partition coefficient (Wildman–Crippen LogP) is 2.37. The first kappa shape index (κ1) is 14.8. The molecule has 5 nitrogen and oxygen atoms in total. The summed E-state index contributed by atoms with van der Waals surface area (Å²) in [6, 6.07) is 11.1. The minimum absolute atomic E-state index is 0.125. The quantitative estimate of drug-likeness (QED) is 0.885. The van der Waals surface area contributed by atoms with E-state index < -0.39 is 0 Å². The van der Waals surface area contributed by atoms with Crippen molar-refractivity contribution in [1.82, 2.24) is 10.3 Å². The van der Waals surface area contributed by atoms with E-state index in [1.165, 1.54) is 0 Å². The lowest BCUT2D eigenvalue weighted by molar-refractivity contribution is 0.0950. The third-order valence-corrected chi connectivity index (χ3v) is 3.06. The third-order valence-electron chi connectivity index (χ3n) is 3.06. The second kappa shape index (κ2) is 6.74. The second-order valence-corrected chi connectivity index (χ2v) is 4.67. The summed E-state index contributed by atoms with van der Waals surface area (Å²) in [7, 11) is 3.40. The van der Waals surface area contributed by atoms with Gasteiger partial charge in [-0.2, -0.15) is 0 Å². The van der Waals surface area contributed by atoms with E-state index in [-0.39, 0.29) is 5.91 Å². The fourth-order valence-corrected chi connectivity index (χ4v) is 1.99. The Balaban J connectivity index is 2.06. The van der Waals surface area contributed by atoms with Crippen LogP contribution in [0.15, 0.2) is 36.4 Å². The Labute approximate surface area is 124 Å². The van der Waals surface area contributed by atoms with Gasteiger partial charge in [-0.15, -0.1) is 0 Å². The third kappa shape index (κ3) is 3.95. The number of pyridine rings is 1. The van der Waals surface area contributed by atoms with E-state index in [2.05, 4.69) is 15.6 Å². The van der Waals surface area contributed by atoms with Gasteiger partial charge in [-0.1, -0.05) is 12.1 Å². The number of hydrogen-bond acceptors (Lipinski definition) is 4. The molecule has 2 rings (SSSR count). The molecule has 1 heterocycles. The van der Waals surface area contributed by atoms with Crippen LogP contribution in [0.4, 0.5) is 5.82 Å². The summed E-state index contributed by atoms with van der Waals surface area (Å²) in [5.74, 6) is 1.33. The molecule has 0 saturated heterocycles. The predicted molar refractivity (Wildman–Crippen MR) is 82.7 cm³/mol. The largest absolute Gasteiger partial charge is 0.497 e. The maximum absolute atomic E-state index is 12.2. The molecule has 2 aromatic rings. The van der Waals surface area contributed by atoms with Crippen molar-refractivity contribution in [2.24, 2.45) is 0 Å². The average Bonchev–Trinajstić information content (AvgIpc) is 2.52. The number of nitrogens with zero attached hydrogens (tertiary/aromatic N) is 1. The molecule has 21 heavy (non-hydrogen) atoms. The Morgan fingerprint density at radius 2 is 2.10 bits per heavy atom. The lowest BCUT2D eigenvalue weighted by Crippen LogP contribution is -2.23. The van der Waals surface area contributed by atoms with Gasteiger partial charge in [0.1, 0.15) is 11.6 Å². The average molecular weight is 285 g/mol. The van der Waals surface area contributed by atoms with Crippen LogP contribution >= 0.6 is 0 Å². The molecule has 1 amide bonds. The molecule has 0 aliphatic carbocycles.